The number of hydrogen-bond acceptors (Lipinski definition) is 10. The number of nitrogens with one attached hydrogen (secondary N) is 2. The van der Waals surface area contributed by atoms with Crippen LogP contribution in [0.5, 0.6) is 0 Å². The summed E-state index contributed by atoms with van der Waals surface area (Å²) in [6, 6.07) is 25.3. The molecule has 6 N–H and O–H groups in total. The molecule has 2 aliphatic rings. The molecule has 0 atom stereocenters. The van der Waals surface area contributed by atoms with Gasteiger partial charge in [0.05, 0.1) is 75.6 Å². The minimum absolute atomic E-state index is 0.0155. The van der Waals surface area contributed by atoms with E-state index in [1.165, 1.54) is 0 Å². The Hall–Kier alpha value is -7.12. The van der Waals surface area contributed by atoms with Gasteiger partial charge in [-0.2, -0.15) is 0 Å². The molecule has 7 aromatic heterocycles. The molecule has 0 aromatic carbocycles. The van der Waals surface area contributed by atoms with E-state index in [0.717, 1.165) is 89.4 Å². The maximum absolute atomic E-state index is 9.22. The van der Waals surface area contributed by atoms with Gasteiger partial charge in [-0.3, -0.25) is 0 Å². The maximum atomic E-state index is 9.22. The van der Waals surface area contributed by atoms with E-state index in [-0.39, 0.29) is 26.4 Å². The Morgan fingerprint density at radius 2 is 0.569 bits per heavy atom. The number of rotatable bonds is 24. The number of aliphatic hydroxyl groups excluding tert-OH is 4. The first-order chi connectivity index (χ1) is 35.5. The molecule has 8 bridgehead atoms. The van der Waals surface area contributed by atoms with Crippen molar-refractivity contribution in [2.75, 3.05) is 79.3 Å². The van der Waals surface area contributed by atoms with Crippen LogP contribution in [-0.2, 0) is 45.1 Å². The SMILES string of the molecule is OCCOCC[n+]1ccc(-c2c3nc(c(-c4cc[n+](CCOCCO)cc4)c4ccc([nH]4)c(-c4cc[n+](CCOCCO)cc4)c4ccc([nH]4)c(-c4cc[n+](CCOCCO)cc4)c4nc2C=C4)C=C3)cc1. The molecular formula is C56H62N8O8+4. The minimum Gasteiger partial charge on any atom is -0.394 e. The molecule has 9 rings (SSSR count). The highest BCUT2D eigenvalue weighted by Crippen LogP contribution is 2.38. The van der Waals surface area contributed by atoms with E-state index in [4.69, 9.17) is 28.9 Å². The number of hydrogen-bond donors (Lipinski definition) is 6. The average molecular weight is 975 g/mol. The number of H-pyrrole nitrogens is 2. The zero-order valence-electron chi connectivity index (χ0n) is 40.3. The maximum Gasteiger partial charge on any atom is 0.171 e. The predicted octanol–water partition coefficient (Wildman–Crippen LogP) is 4.51. The van der Waals surface area contributed by atoms with Crippen molar-refractivity contribution in [2.24, 2.45) is 0 Å². The molecule has 16 heteroatoms. The number of aromatic nitrogens is 8. The highest BCUT2D eigenvalue weighted by Gasteiger charge is 2.21. The fourth-order valence-corrected chi connectivity index (χ4v) is 8.86. The summed E-state index contributed by atoms with van der Waals surface area (Å²) in [6.45, 7) is 5.56. The number of ether oxygens (including phenoxy) is 4. The molecule has 72 heavy (non-hydrogen) atoms. The Bertz CT molecular complexity index is 2980. The van der Waals surface area contributed by atoms with Gasteiger partial charge in [0.1, 0.15) is 26.4 Å². The molecule has 0 saturated carbocycles. The number of fused-ring (bicyclic) bond motifs is 8. The van der Waals surface area contributed by atoms with Gasteiger partial charge in [-0.15, -0.1) is 0 Å². The Balaban J connectivity index is 1.27. The van der Waals surface area contributed by atoms with Gasteiger partial charge in [-0.25, -0.2) is 28.2 Å². The summed E-state index contributed by atoms with van der Waals surface area (Å²) in [5.41, 5.74) is 14.2. The van der Waals surface area contributed by atoms with Crippen LogP contribution in [0, 0.1) is 0 Å². The standard InChI is InChI=1S/C56H61N8O8/c65-29-37-69-33-25-61-17-9-41(10-18-61)53-45-1-2-46(57-45)54(42-11-19-62(20-12-42)26-34-70-38-30-66)48-5-6-50(59-48)56(44-15-23-64(24-16-44)28-36-72-40-32-68)52-8-7-51(60-52)55(49-4-3-47(53)58-49)43-13-21-63(22-14-43)27-35-71-39-31-67/h1-24,65-68H,25-40H2,(H,57,58,59,60)/q+3/p+1. The van der Waals surface area contributed by atoms with E-state index < -0.39 is 0 Å². The van der Waals surface area contributed by atoms with E-state index in [1.807, 2.05) is 49.6 Å². The van der Waals surface area contributed by atoms with E-state index >= 15 is 0 Å². The normalized spacial score (nSPS) is 12.1. The Labute approximate surface area is 417 Å². The molecule has 7 aromatic rings. The van der Waals surface area contributed by atoms with E-state index in [0.29, 0.717) is 79.0 Å². The summed E-state index contributed by atoms with van der Waals surface area (Å²) in [4.78, 5) is 18.6. The molecule has 0 radical (unpaired) electrons. The smallest absolute Gasteiger partial charge is 0.171 e. The lowest BCUT2D eigenvalue weighted by atomic mass is 10.0. The van der Waals surface area contributed by atoms with E-state index in [1.54, 1.807) is 0 Å². The molecule has 0 aliphatic carbocycles. The number of pyridine rings is 4. The molecule has 0 saturated heterocycles. The van der Waals surface area contributed by atoms with Crippen molar-refractivity contribution >= 4 is 46.4 Å². The Morgan fingerprint density at radius 3 is 0.861 bits per heavy atom. The van der Waals surface area contributed by atoms with Crippen LogP contribution in [0.25, 0.3) is 90.9 Å². The third-order valence-electron chi connectivity index (χ3n) is 12.4. The first kappa shape index (κ1) is 49.8. The van der Waals surface area contributed by atoms with Gasteiger partial charge in [0.2, 0.25) is 0 Å². The van der Waals surface area contributed by atoms with Crippen molar-refractivity contribution in [3.8, 4) is 44.5 Å². The first-order valence-corrected chi connectivity index (χ1v) is 24.4. The van der Waals surface area contributed by atoms with Crippen LogP contribution >= 0.6 is 0 Å². The lowest BCUT2D eigenvalue weighted by Gasteiger charge is -2.07. The summed E-state index contributed by atoms with van der Waals surface area (Å²) in [5, 5.41) is 36.9. The second kappa shape index (κ2) is 24.8. The largest absolute Gasteiger partial charge is 0.394 e. The molecule has 0 amide bonds. The second-order valence-corrected chi connectivity index (χ2v) is 17.1. The fourth-order valence-electron chi connectivity index (χ4n) is 8.86. The summed E-state index contributed by atoms with van der Waals surface area (Å²) in [7, 11) is 0. The molecular weight excluding hydrogens is 913 g/mol. The van der Waals surface area contributed by atoms with Crippen molar-refractivity contribution in [1.29, 1.82) is 0 Å². The quantitative estimate of drug-likeness (QED) is 0.0372. The van der Waals surface area contributed by atoms with Gasteiger partial charge in [0.25, 0.3) is 0 Å². The van der Waals surface area contributed by atoms with Crippen LogP contribution in [0.4, 0.5) is 0 Å². The summed E-state index contributed by atoms with van der Waals surface area (Å²) in [5.74, 6) is 0. The fraction of sp³-hybridized carbons (Fsp3) is 0.286. The van der Waals surface area contributed by atoms with Crippen LogP contribution in [0.15, 0.2) is 122 Å². The third-order valence-corrected chi connectivity index (χ3v) is 12.4. The van der Waals surface area contributed by atoms with Gasteiger partial charge in [0, 0.05) is 92.9 Å². The van der Waals surface area contributed by atoms with Crippen LogP contribution < -0.4 is 18.3 Å². The monoisotopic (exact) mass is 974 g/mol. The first-order valence-electron chi connectivity index (χ1n) is 24.4. The van der Waals surface area contributed by atoms with E-state index in [9.17, 15) is 20.4 Å². The van der Waals surface area contributed by atoms with Gasteiger partial charge < -0.3 is 49.3 Å². The van der Waals surface area contributed by atoms with E-state index in [2.05, 4.69) is 125 Å². The zero-order valence-corrected chi connectivity index (χ0v) is 40.3. The second-order valence-electron chi connectivity index (χ2n) is 17.1. The van der Waals surface area contributed by atoms with Crippen molar-refractivity contribution in [3.63, 3.8) is 0 Å². The lowest BCUT2D eigenvalue weighted by Crippen LogP contribution is -2.35. The predicted molar refractivity (Wildman–Crippen MR) is 273 cm³/mol. The molecule has 2 aliphatic heterocycles. The number of aromatic amines is 2. The highest BCUT2D eigenvalue weighted by atomic mass is 16.5. The van der Waals surface area contributed by atoms with Crippen molar-refractivity contribution in [1.82, 2.24) is 19.9 Å². The minimum atomic E-state index is -0.0185. The van der Waals surface area contributed by atoms with Crippen molar-refractivity contribution < 1.29 is 57.6 Å². The van der Waals surface area contributed by atoms with Gasteiger partial charge in [0.15, 0.2) is 75.8 Å². The molecule has 370 valence electrons. The Morgan fingerprint density at radius 1 is 0.319 bits per heavy atom. The van der Waals surface area contributed by atoms with Crippen LogP contribution in [-0.4, -0.2) is 120 Å². The van der Waals surface area contributed by atoms with Crippen LogP contribution in [0.3, 0.4) is 0 Å². The molecule has 0 fully saturated rings. The van der Waals surface area contributed by atoms with Gasteiger partial charge in [-0.1, -0.05) is 0 Å². The highest BCUT2D eigenvalue weighted by molar-refractivity contribution is 6.00. The molecule has 0 spiro atoms. The summed E-state index contributed by atoms with van der Waals surface area (Å²) in [6.07, 6.45) is 24.6. The topological polar surface area (TPSA) is 191 Å². The van der Waals surface area contributed by atoms with Crippen molar-refractivity contribution in [3.05, 3.63) is 145 Å². The van der Waals surface area contributed by atoms with Crippen molar-refractivity contribution in [2.45, 2.75) is 26.2 Å². The Kier molecular flexibility index (Phi) is 17.2. The number of nitrogens with zero attached hydrogens (tertiary/aromatic N) is 6. The zero-order chi connectivity index (χ0) is 49.5. The molecule has 9 heterocycles. The van der Waals surface area contributed by atoms with Crippen LogP contribution in [0.2, 0.25) is 0 Å². The third kappa shape index (κ3) is 12.1. The van der Waals surface area contributed by atoms with Gasteiger partial charge >= 0.3 is 0 Å². The summed E-state index contributed by atoms with van der Waals surface area (Å²) < 4.78 is 30.5. The summed E-state index contributed by atoms with van der Waals surface area (Å²) >= 11 is 0. The average Bonchev–Trinajstić information content (AvgIpc) is 4.27. The molecule has 16 nitrogen and oxygen atoms in total. The lowest BCUT2D eigenvalue weighted by molar-refractivity contribution is -0.698. The van der Waals surface area contributed by atoms with Gasteiger partial charge in [-0.05, 0) is 70.8 Å². The molecule has 0 unspecified atom stereocenters. The van der Waals surface area contributed by atoms with Crippen LogP contribution in [0.1, 0.15) is 22.8 Å². The number of aliphatic hydroxyl groups is 4.